The zero-order chi connectivity index (χ0) is 18.2. The predicted octanol–water partition coefficient (Wildman–Crippen LogP) is 5.04. The van der Waals surface area contributed by atoms with E-state index < -0.39 is 8.07 Å². The van der Waals surface area contributed by atoms with Crippen LogP contribution < -0.4 is 14.5 Å². The highest BCUT2D eigenvalue weighted by molar-refractivity contribution is 6.88. The third-order valence-corrected chi connectivity index (χ3v) is 7.49. The van der Waals surface area contributed by atoms with Gasteiger partial charge in [-0.25, -0.2) is 4.57 Å². The Balaban J connectivity index is 1.94. The lowest BCUT2D eigenvalue weighted by Gasteiger charge is -2.24. The van der Waals surface area contributed by atoms with Gasteiger partial charge in [-0.05, 0) is 30.5 Å². The molecule has 4 heteroatoms. The fourth-order valence-corrected chi connectivity index (χ4v) is 5.18. The van der Waals surface area contributed by atoms with E-state index in [0.29, 0.717) is 0 Å². The molecule has 0 bridgehead atoms. The quantitative estimate of drug-likeness (QED) is 0.309. The summed E-state index contributed by atoms with van der Waals surface area (Å²) >= 11 is 0. The standard InChI is InChI=1S/C22H22NO2Si/c1-13-19-17(11-15-7-9-24-22(13)15)25-18-12-16(26(3,4)5)10-14-6-8-23(2)21(19)20(14)18/h6-12H,1-5H3/q+1. The lowest BCUT2D eigenvalue weighted by molar-refractivity contribution is -0.659. The van der Waals surface area contributed by atoms with Gasteiger partial charge < -0.3 is 9.15 Å². The molecule has 0 N–H and O–H groups in total. The van der Waals surface area contributed by atoms with Gasteiger partial charge in [-0.1, -0.05) is 30.9 Å². The highest BCUT2D eigenvalue weighted by atomic mass is 28.3. The van der Waals surface area contributed by atoms with E-state index in [0.717, 1.165) is 33.6 Å². The molecule has 4 aromatic rings. The van der Waals surface area contributed by atoms with E-state index in [9.17, 15) is 0 Å². The Labute approximate surface area is 153 Å². The van der Waals surface area contributed by atoms with Crippen LogP contribution in [0.25, 0.3) is 33.0 Å². The smallest absolute Gasteiger partial charge is 0.228 e. The molecule has 5 rings (SSSR count). The SMILES string of the molecule is Cc1c2c(cc3ccoc13)Oc1cc([Si](C)(C)C)cc3cc[n+](C)c-2c13. The van der Waals surface area contributed by atoms with Gasteiger partial charge in [-0.2, -0.15) is 0 Å². The molecule has 0 amide bonds. The van der Waals surface area contributed by atoms with Crippen molar-refractivity contribution in [2.75, 3.05) is 0 Å². The third kappa shape index (κ3) is 2.02. The Hall–Kier alpha value is -2.59. The molecular weight excluding hydrogens is 338 g/mol. The maximum absolute atomic E-state index is 6.47. The van der Waals surface area contributed by atoms with Crippen LogP contribution in [0.15, 0.2) is 47.2 Å². The summed E-state index contributed by atoms with van der Waals surface area (Å²) in [5.41, 5.74) is 4.41. The number of rotatable bonds is 1. The predicted molar refractivity (Wildman–Crippen MR) is 108 cm³/mol. The van der Waals surface area contributed by atoms with Gasteiger partial charge in [0, 0.05) is 17.0 Å². The van der Waals surface area contributed by atoms with Gasteiger partial charge in [-0.3, -0.25) is 0 Å². The van der Waals surface area contributed by atoms with Crippen LogP contribution in [0.1, 0.15) is 5.56 Å². The summed E-state index contributed by atoms with van der Waals surface area (Å²) in [6.45, 7) is 9.25. The fourth-order valence-electron chi connectivity index (χ4n) is 4.02. The molecule has 3 heterocycles. The Kier molecular flexibility index (Phi) is 3.00. The zero-order valence-corrected chi connectivity index (χ0v) is 16.8. The highest BCUT2D eigenvalue weighted by Gasteiger charge is 2.32. The normalized spacial score (nSPS) is 13.1. The van der Waals surface area contributed by atoms with Crippen molar-refractivity contribution in [3.05, 3.63) is 48.4 Å². The first kappa shape index (κ1) is 15.6. The van der Waals surface area contributed by atoms with Crippen LogP contribution >= 0.6 is 0 Å². The summed E-state index contributed by atoms with van der Waals surface area (Å²) in [7, 11) is 0.661. The van der Waals surface area contributed by atoms with Crippen LogP contribution in [0.3, 0.4) is 0 Å². The molecule has 1 aliphatic heterocycles. The van der Waals surface area contributed by atoms with Crippen molar-refractivity contribution in [2.24, 2.45) is 7.05 Å². The molecule has 2 aromatic heterocycles. The first-order valence-electron chi connectivity index (χ1n) is 9.00. The number of aromatic nitrogens is 1. The first-order chi connectivity index (χ1) is 12.3. The van der Waals surface area contributed by atoms with Crippen LogP contribution in [0.2, 0.25) is 19.6 Å². The van der Waals surface area contributed by atoms with Gasteiger partial charge in [0.15, 0.2) is 6.20 Å². The van der Waals surface area contributed by atoms with Crippen molar-refractivity contribution in [3.63, 3.8) is 0 Å². The Morgan fingerprint density at radius 1 is 0.962 bits per heavy atom. The van der Waals surface area contributed by atoms with Crippen molar-refractivity contribution < 1.29 is 13.7 Å². The van der Waals surface area contributed by atoms with Gasteiger partial charge >= 0.3 is 0 Å². The number of furan rings is 1. The Morgan fingerprint density at radius 3 is 2.54 bits per heavy atom. The lowest BCUT2D eigenvalue weighted by atomic mass is 9.94. The van der Waals surface area contributed by atoms with E-state index in [1.165, 1.54) is 21.7 Å². The zero-order valence-electron chi connectivity index (χ0n) is 15.8. The van der Waals surface area contributed by atoms with Gasteiger partial charge in [0.25, 0.3) is 0 Å². The topological polar surface area (TPSA) is 26.2 Å². The van der Waals surface area contributed by atoms with Gasteiger partial charge in [0.2, 0.25) is 5.69 Å². The first-order valence-corrected chi connectivity index (χ1v) is 12.5. The molecule has 0 radical (unpaired) electrons. The minimum Gasteiger partial charge on any atom is -0.464 e. The molecule has 0 saturated carbocycles. The summed E-state index contributed by atoms with van der Waals surface area (Å²) in [6.07, 6.45) is 3.90. The fraction of sp³-hybridized carbons (Fsp3) is 0.227. The lowest BCUT2D eigenvalue weighted by Crippen LogP contribution is -2.38. The van der Waals surface area contributed by atoms with E-state index >= 15 is 0 Å². The second-order valence-corrected chi connectivity index (χ2v) is 13.4. The molecule has 1 aliphatic rings. The molecule has 0 unspecified atom stereocenters. The molecule has 0 fully saturated rings. The third-order valence-electron chi connectivity index (χ3n) is 5.47. The van der Waals surface area contributed by atoms with Crippen molar-refractivity contribution in [1.82, 2.24) is 0 Å². The summed E-state index contributed by atoms with van der Waals surface area (Å²) in [5.74, 6) is 1.89. The Morgan fingerprint density at radius 2 is 1.77 bits per heavy atom. The van der Waals surface area contributed by atoms with Crippen molar-refractivity contribution in [2.45, 2.75) is 26.6 Å². The number of benzene rings is 2. The second kappa shape index (κ2) is 4.98. The van der Waals surface area contributed by atoms with Crippen molar-refractivity contribution in [3.8, 4) is 22.8 Å². The highest BCUT2D eigenvalue weighted by Crippen LogP contribution is 2.48. The molecular formula is C22H22NO2Si+. The maximum Gasteiger partial charge on any atom is 0.228 e. The van der Waals surface area contributed by atoms with E-state index in [2.05, 4.69) is 68.6 Å². The number of aryl methyl sites for hydroxylation is 2. The number of pyridine rings is 1. The van der Waals surface area contributed by atoms with Crippen molar-refractivity contribution in [1.29, 1.82) is 0 Å². The van der Waals surface area contributed by atoms with Crippen molar-refractivity contribution >= 4 is 35.0 Å². The van der Waals surface area contributed by atoms with E-state index in [1.54, 1.807) is 6.26 Å². The molecule has 26 heavy (non-hydrogen) atoms. The summed E-state index contributed by atoms with van der Waals surface area (Å²) < 4.78 is 14.4. The summed E-state index contributed by atoms with van der Waals surface area (Å²) in [6, 6.07) is 10.9. The molecule has 0 aliphatic carbocycles. The van der Waals surface area contributed by atoms with Crippen LogP contribution in [0, 0.1) is 6.92 Å². The monoisotopic (exact) mass is 360 g/mol. The van der Waals surface area contributed by atoms with Crippen LogP contribution in [0.5, 0.6) is 11.5 Å². The number of nitrogens with zero attached hydrogens (tertiary/aromatic N) is 1. The van der Waals surface area contributed by atoms with Gasteiger partial charge in [-0.15, -0.1) is 0 Å². The van der Waals surface area contributed by atoms with Crippen LogP contribution in [0.4, 0.5) is 0 Å². The molecule has 0 spiro atoms. The van der Waals surface area contributed by atoms with Gasteiger partial charge in [0.05, 0.1) is 25.3 Å². The van der Waals surface area contributed by atoms with E-state index in [-0.39, 0.29) is 0 Å². The second-order valence-electron chi connectivity index (χ2n) is 8.28. The molecule has 2 aromatic carbocycles. The summed E-state index contributed by atoms with van der Waals surface area (Å²) in [4.78, 5) is 0. The van der Waals surface area contributed by atoms with E-state index in [4.69, 9.17) is 9.15 Å². The average Bonchev–Trinajstić information content (AvgIpc) is 3.05. The van der Waals surface area contributed by atoms with Crippen LogP contribution in [-0.2, 0) is 7.05 Å². The summed E-state index contributed by atoms with van der Waals surface area (Å²) in [5, 5.41) is 4.95. The molecule has 3 nitrogen and oxygen atoms in total. The largest absolute Gasteiger partial charge is 0.464 e. The number of ether oxygens (including phenoxy) is 1. The Bertz CT molecular complexity index is 1210. The molecule has 0 saturated heterocycles. The van der Waals surface area contributed by atoms with E-state index in [1.807, 2.05) is 6.07 Å². The van der Waals surface area contributed by atoms with Crippen LogP contribution in [-0.4, -0.2) is 8.07 Å². The molecule has 130 valence electrons. The van der Waals surface area contributed by atoms with Gasteiger partial charge in [0.1, 0.15) is 24.1 Å². The molecule has 0 atom stereocenters. The number of hydrogen-bond donors (Lipinski definition) is 0. The number of fused-ring (bicyclic) bond motifs is 3. The minimum atomic E-state index is -1.44. The average molecular weight is 361 g/mol. The minimum absolute atomic E-state index is 0.916. The number of hydrogen-bond acceptors (Lipinski definition) is 2. The maximum atomic E-state index is 6.47.